The third-order valence-corrected chi connectivity index (χ3v) is 9.07. The molecule has 9 heteroatoms. The van der Waals surface area contributed by atoms with Gasteiger partial charge in [-0.05, 0) is 80.3 Å². The number of sulfonamides is 1. The first kappa shape index (κ1) is 25.3. The van der Waals surface area contributed by atoms with Crippen LogP contribution in [0.3, 0.4) is 0 Å². The maximum Gasteiger partial charge on any atom is 0.243 e. The smallest absolute Gasteiger partial charge is 0.243 e. The average molecular weight is 499 g/mol. The summed E-state index contributed by atoms with van der Waals surface area (Å²) in [6.07, 6.45) is 4.13. The summed E-state index contributed by atoms with van der Waals surface area (Å²) >= 11 is 0. The molecule has 3 atom stereocenters. The fourth-order valence-corrected chi connectivity index (χ4v) is 7.04. The van der Waals surface area contributed by atoms with Crippen LogP contribution in [0.2, 0.25) is 0 Å². The second-order valence-corrected chi connectivity index (χ2v) is 11.4. The zero-order chi connectivity index (χ0) is 25.2. The predicted octanol–water partition coefficient (Wildman–Crippen LogP) is 1.60. The van der Waals surface area contributed by atoms with Gasteiger partial charge >= 0.3 is 0 Å². The van der Waals surface area contributed by atoms with E-state index in [1.165, 1.54) is 22.0 Å². The van der Waals surface area contributed by atoms with Crippen molar-refractivity contribution < 1.29 is 18.0 Å². The number of amides is 2. The van der Waals surface area contributed by atoms with E-state index in [1.54, 1.807) is 12.1 Å². The van der Waals surface area contributed by atoms with Crippen molar-refractivity contribution in [3.05, 3.63) is 64.7 Å². The summed E-state index contributed by atoms with van der Waals surface area (Å²) in [7, 11) is -4.02. The highest BCUT2D eigenvalue weighted by atomic mass is 32.2. The van der Waals surface area contributed by atoms with E-state index in [0.717, 1.165) is 42.4 Å². The van der Waals surface area contributed by atoms with Crippen molar-refractivity contribution >= 4 is 21.8 Å². The molecule has 0 bridgehead atoms. The Balaban J connectivity index is 1.74. The molecule has 2 aliphatic rings. The summed E-state index contributed by atoms with van der Waals surface area (Å²) in [5, 5.41) is 2.76. The average Bonchev–Trinajstić information content (AvgIpc) is 2.83. The van der Waals surface area contributed by atoms with E-state index in [1.807, 2.05) is 19.1 Å². The van der Waals surface area contributed by atoms with Gasteiger partial charge in [-0.3, -0.25) is 9.59 Å². The Morgan fingerprint density at radius 1 is 1.20 bits per heavy atom. The molecule has 0 saturated carbocycles. The molecule has 0 aromatic heterocycles. The maximum absolute atomic E-state index is 13.6. The van der Waals surface area contributed by atoms with Crippen molar-refractivity contribution in [3.63, 3.8) is 0 Å². The van der Waals surface area contributed by atoms with E-state index in [0.29, 0.717) is 13.0 Å². The molecule has 2 aromatic rings. The van der Waals surface area contributed by atoms with E-state index in [-0.39, 0.29) is 23.9 Å². The van der Waals surface area contributed by atoms with Gasteiger partial charge in [0.05, 0.1) is 10.8 Å². The molecule has 1 aliphatic heterocycles. The van der Waals surface area contributed by atoms with Gasteiger partial charge in [-0.1, -0.05) is 35.9 Å². The predicted molar refractivity (Wildman–Crippen MR) is 134 cm³/mol. The number of nitrogens with zero attached hydrogens (tertiary/aromatic N) is 1. The number of fused-ring (bicyclic) bond motifs is 1. The number of nitrogens with one attached hydrogen (secondary N) is 1. The Bertz CT molecular complexity index is 1200. The number of nitrogens with two attached hydrogens (primary N) is 2. The lowest BCUT2D eigenvalue weighted by atomic mass is 9.72. The molecular weight excluding hydrogens is 464 g/mol. The zero-order valence-electron chi connectivity index (χ0n) is 20.1. The van der Waals surface area contributed by atoms with Crippen molar-refractivity contribution in [2.24, 2.45) is 17.4 Å². The van der Waals surface area contributed by atoms with Crippen LogP contribution in [0.4, 0.5) is 0 Å². The fraction of sp³-hybridized carbons (Fsp3) is 0.462. The van der Waals surface area contributed by atoms with Crippen LogP contribution >= 0.6 is 0 Å². The lowest BCUT2D eigenvalue weighted by molar-refractivity contribution is -0.135. The van der Waals surface area contributed by atoms with Gasteiger partial charge in [-0.2, -0.15) is 4.31 Å². The van der Waals surface area contributed by atoms with Crippen LogP contribution in [-0.4, -0.2) is 50.2 Å². The monoisotopic (exact) mass is 498 g/mol. The summed E-state index contributed by atoms with van der Waals surface area (Å²) in [5.74, 6) is -2.47. The molecule has 1 saturated heterocycles. The molecule has 0 spiro atoms. The van der Waals surface area contributed by atoms with Gasteiger partial charge in [0, 0.05) is 13.1 Å². The van der Waals surface area contributed by atoms with Crippen LogP contribution in [0.25, 0.3) is 0 Å². The Kier molecular flexibility index (Phi) is 7.59. The lowest BCUT2D eigenvalue weighted by Gasteiger charge is -2.41. The summed E-state index contributed by atoms with van der Waals surface area (Å²) in [5.41, 5.74) is 15.8. The molecule has 1 unspecified atom stereocenters. The number of rotatable bonds is 8. The minimum atomic E-state index is -4.02. The number of hydrogen-bond donors (Lipinski definition) is 3. The van der Waals surface area contributed by atoms with Crippen molar-refractivity contribution in [3.8, 4) is 0 Å². The van der Waals surface area contributed by atoms with E-state index in [4.69, 9.17) is 11.5 Å². The van der Waals surface area contributed by atoms with Crippen LogP contribution in [0.1, 0.15) is 47.4 Å². The maximum atomic E-state index is 13.6. The molecule has 0 radical (unpaired) electrons. The van der Waals surface area contributed by atoms with Crippen LogP contribution in [0.15, 0.2) is 47.4 Å². The Morgan fingerprint density at radius 3 is 2.63 bits per heavy atom. The highest BCUT2D eigenvalue weighted by Crippen LogP contribution is 2.41. The van der Waals surface area contributed by atoms with E-state index in [2.05, 4.69) is 11.4 Å². The van der Waals surface area contributed by atoms with E-state index >= 15 is 0 Å². The number of benzene rings is 2. The number of carbonyl (C=O) groups excluding carboxylic acids is 2. The minimum absolute atomic E-state index is 0.0774. The second-order valence-electron chi connectivity index (χ2n) is 9.52. The van der Waals surface area contributed by atoms with E-state index in [9.17, 15) is 18.0 Å². The van der Waals surface area contributed by atoms with Gasteiger partial charge in [0.15, 0.2) is 0 Å². The molecule has 2 aromatic carbocycles. The molecule has 2 amide bonds. The normalized spacial score (nSPS) is 21.7. The SMILES string of the molecule is Cc1ccc(S(=O)(=O)N2CCNC(=O)[C@H]2C(C(N)=O)[C@H]2CCCc3cc(CCCN)ccc32)cc1. The van der Waals surface area contributed by atoms with Crippen LogP contribution < -0.4 is 16.8 Å². The first-order chi connectivity index (χ1) is 16.7. The molecule has 188 valence electrons. The number of primary amides is 1. The van der Waals surface area contributed by atoms with Crippen molar-refractivity contribution in [1.82, 2.24) is 9.62 Å². The fourth-order valence-electron chi connectivity index (χ4n) is 5.44. The third-order valence-electron chi connectivity index (χ3n) is 7.18. The van der Waals surface area contributed by atoms with Gasteiger partial charge in [0.1, 0.15) is 6.04 Å². The summed E-state index contributed by atoms with van der Waals surface area (Å²) in [6.45, 7) is 2.75. The van der Waals surface area contributed by atoms with Gasteiger partial charge in [-0.15, -0.1) is 0 Å². The van der Waals surface area contributed by atoms with Crippen molar-refractivity contribution in [2.75, 3.05) is 19.6 Å². The van der Waals surface area contributed by atoms with Crippen LogP contribution in [-0.2, 0) is 32.5 Å². The van der Waals surface area contributed by atoms with Gasteiger partial charge in [0.2, 0.25) is 21.8 Å². The highest BCUT2D eigenvalue weighted by Gasteiger charge is 2.48. The third kappa shape index (κ3) is 5.12. The van der Waals surface area contributed by atoms with Gasteiger partial charge < -0.3 is 16.8 Å². The largest absolute Gasteiger partial charge is 0.369 e. The standard InChI is InChI=1S/C26H34N4O4S/c1-17-7-10-20(11-8-17)35(33,34)30-15-14-29-26(32)24(30)23(25(28)31)22-6-2-5-19-16-18(4-3-13-27)9-12-21(19)22/h7-12,16,22-24H,2-6,13-15,27H2,1H3,(H2,28,31)(H,29,32)/t22-,23?,24+/m0/s1. The van der Waals surface area contributed by atoms with Gasteiger partial charge in [-0.25, -0.2) is 8.42 Å². The molecule has 1 heterocycles. The second kappa shape index (κ2) is 10.5. The Labute approximate surface area is 207 Å². The topological polar surface area (TPSA) is 136 Å². The number of carbonyl (C=O) groups is 2. The van der Waals surface area contributed by atoms with Gasteiger partial charge in [0.25, 0.3) is 0 Å². The Hall–Kier alpha value is -2.75. The summed E-state index contributed by atoms with van der Waals surface area (Å²) in [6, 6.07) is 11.5. The van der Waals surface area contributed by atoms with Crippen LogP contribution in [0.5, 0.6) is 0 Å². The van der Waals surface area contributed by atoms with Crippen molar-refractivity contribution in [2.45, 2.75) is 55.9 Å². The molecular formula is C26H34N4O4S. The number of hydrogen-bond acceptors (Lipinski definition) is 5. The highest BCUT2D eigenvalue weighted by molar-refractivity contribution is 7.89. The van der Waals surface area contributed by atoms with Crippen LogP contribution in [0, 0.1) is 12.8 Å². The summed E-state index contributed by atoms with van der Waals surface area (Å²) < 4.78 is 28.5. The number of aryl methyl sites for hydroxylation is 3. The summed E-state index contributed by atoms with van der Waals surface area (Å²) in [4.78, 5) is 26.2. The molecule has 1 aliphatic carbocycles. The molecule has 8 nitrogen and oxygen atoms in total. The molecule has 5 N–H and O–H groups in total. The molecule has 35 heavy (non-hydrogen) atoms. The van der Waals surface area contributed by atoms with Crippen molar-refractivity contribution in [1.29, 1.82) is 0 Å². The first-order valence-corrected chi connectivity index (χ1v) is 13.7. The lowest BCUT2D eigenvalue weighted by Crippen LogP contribution is -2.62. The minimum Gasteiger partial charge on any atom is -0.369 e. The number of piperazine rings is 1. The Morgan fingerprint density at radius 2 is 1.94 bits per heavy atom. The quantitative estimate of drug-likeness (QED) is 0.508. The molecule has 4 rings (SSSR count). The van der Waals surface area contributed by atoms with E-state index < -0.39 is 33.8 Å². The molecule has 1 fully saturated rings. The zero-order valence-corrected chi connectivity index (χ0v) is 20.9. The first-order valence-electron chi connectivity index (χ1n) is 12.2.